The molecule has 0 amide bonds. The summed E-state index contributed by atoms with van der Waals surface area (Å²) in [5.41, 5.74) is -1.18. The molecule has 0 saturated heterocycles. The molecule has 0 aliphatic rings. The van der Waals surface area contributed by atoms with E-state index in [1.54, 1.807) is 0 Å². The summed E-state index contributed by atoms with van der Waals surface area (Å²) in [4.78, 5) is 0. The molecule has 0 aliphatic carbocycles. The fraction of sp³-hybridized carbons (Fsp3) is 0.364. The monoisotopic (exact) mass is 211 g/mol. The molecule has 1 aromatic carbocycles. The molecule has 0 aromatic heterocycles. The molecule has 0 spiro atoms. The van der Waals surface area contributed by atoms with Crippen molar-refractivity contribution in [3.05, 3.63) is 35.4 Å². The van der Waals surface area contributed by atoms with E-state index in [-0.39, 0.29) is 5.56 Å². The third-order valence-corrected chi connectivity index (χ3v) is 2.23. The maximum Gasteiger partial charge on any atom is 0.131 e. The molecule has 1 unspecified atom stereocenters. The van der Waals surface area contributed by atoms with E-state index in [2.05, 4.69) is 0 Å². The Morgan fingerprint density at radius 3 is 2.47 bits per heavy atom. The van der Waals surface area contributed by atoms with Crippen molar-refractivity contribution in [3.8, 4) is 6.07 Å². The molecule has 15 heavy (non-hydrogen) atoms. The first-order valence-electron chi connectivity index (χ1n) is 4.43. The molecule has 0 radical (unpaired) electrons. The van der Waals surface area contributed by atoms with Crippen LogP contribution >= 0.6 is 0 Å². The molecular formula is C11H11F2NO. The molecule has 2 nitrogen and oxygen atoms in total. The Bertz CT molecular complexity index is 410. The van der Waals surface area contributed by atoms with Gasteiger partial charge in [0.25, 0.3) is 0 Å². The molecule has 1 aromatic rings. The zero-order valence-corrected chi connectivity index (χ0v) is 8.46. The van der Waals surface area contributed by atoms with Gasteiger partial charge < -0.3 is 5.11 Å². The Kier molecular flexibility index (Phi) is 3.06. The second-order valence-corrected chi connectivity index (χ2v) is 3.90. The minimum absolute atomic E-state index is 0.0667. The number of benzene rings is 1. The number of hydrogen-bond acceptors (Lipinski definition) is 2. The topological polar surface area (TPSA) is 44.0 Å². The third kappa shape index (κ3) is 2.31. The molecule has 4 heteroatoms. The third-order valence-electron chi connectivity index (χ3n) is 2.23. The SMILES string of the molecule is CC(C)(C#N)C(O)c1ccc(F)cc1F. The highest BCUT2D eigenvalue weighted by Crippen LogP contribution is 2.33. The maximum absolute atomic E-state index is 13.3. The van der Waals surface area contributed by atoms with Gasteiger partial charge in [-0.1, -0.05) is 6.07 Å². The number of rotatable bonds is 2. The average molecular weight is 211 g/mol. The van der Waals surface area contributed by atoms with Crippen molar-refractivity contribution in [3.63, 3.8) is 0 Å². The Balaban J connectivity index is 3.13. The van der Waals surface area contributed by atoms with Crippen LogP contribution < -0.4 is 0 Å². The van der Waals surface area contributed by atoms with Gasteiger partial charge in [0.1, 0.15) is 11.6 Å². The lowest BCUT2D eigenvalue weighted by Crippen LogP contribution is -2.20. The maximum atomic E-state index is 13.3. The Morgan fingerprint density at radius 1 is 1.40 bits per heavy atom. The van der Waals surface area contributed by atoms with Crippen LogP contribution in [0.5, 0.6) is 0 Å². The summed E-state index contributed by atoms with van der Waals surface area (Å²) < 4.78 is 25.9. The van der Waals surface area contributed by atoms with Gasteiger partial charge >= 0.3 is 0 Å². The van der Waals surface area contributed by atoms with Gasteiger partial charge in [-0.3, -0.25) is 0 Å². The molecule has 0 bridgehead atoms. The van der Waals surface area contributed by atoms with Gasteiger partial charge in [0.15, 0.2) is 0 Å². The Morgan fingerprint density at radius 2 is 2.00 bits per heavy atom. The van der Waals surface area contributed by atoms with E-state index >= 15 is 0 Å². The highest BCUT2D eigenvalue weighted by molar-refractivity contribution is 5.24. The minimum Gasteiger partial charge on any atom is -0.387 e. The molecule has 0 aliphatic heterocycles. The van der Waals surface area contributed by atoms with Crippen LogP contribution in [0.1, 0.15) is 25.5 Å². The van der Waals surface area contributed by atoms with Crippen LogP contribution in [0.25, 0.3) is 0 Å². The quantitative estimate of drug-likeness (QED) is 0.816. The molecule has 1 N–H and O–H groups in total. The van der Waals surface area contributed by atoms with Crippen LogP contribution in [0.4, 0.5) is 8.78 Å². The molecule has 80 valence electrons. The van der Waals surface area contributed by atoms with E-state index in [0.717, 1.165) is 12.1 Å². The van der Waals surface area contributed by atoms with Crippen LogP contribution in [0, 0.1) is 28.4 Å². The van der Waals surface area contributed by atoms with E-state index in [4.69, 9.17) is 5.26 Å². The van der Waals surface area contributed by atoms with Gasteiger partial charge in [-0.05, 0) is 19.9 Å². The zero-order chi connectivity index (χ0) is 11.6. The predicted molar refractivity (Wildman–Crippen MR) is 50.7 cm³/mol. The predicted octanol–water partition coefficient (Wildman–Crippen LogP) is 2.55. The van der Waals surface area contributed by atoms with E-state index in [9.17, 15) is 13.9 Å². The highest BCUT2D eigenvalue weighted by atomic mass is 19.1. The summed E-state index contributed by atoms with van der Waals surface area (Å²) in [6.07, 6.45) is -1.27. The number of aliphatic hydroxyl groups excluding tert-OH is 1. The lowest BCUT2D eigenvalue weighted by molar-refractivity contribution is 0.0831. The second-order valence-electron chi connectivity index (χ2n) is 3.90. The summed E-state index contributed by atoms with van der Waals surface area (Å²) in [5, 5.41) is 18.5. The highest BCUT2D eigenvalue weighted by Gasteiger charge is 2.30. The fourth-order valence-electron chi connectivity index (χ4n) is 1.17. The normalized spacial score (nSPS) is 13.3. The van der Waals surface area contributed by atoms with Crippen molar-refractivity contribution < 1.29 is 13.9 Å². The smallest absolute Gasteiger partial charge is 0.131 e. The number of nitrogens with zero attached hydrogens (tertiary/aromatic N) is 1. The van der Waals surface area contributed by atoms with Crippen LogP contribution in [-0.2, 0) is 0 Å². The number of hydrogen-bond donors (Lipinski definition) is 1. The van der Waals surface area contributed by atoms with E-state index in [1.165, 1.54) is 13.8 Å². The number of nitriles is 1. The first-order chi connectivity index (χ1) is 6.88. The van der Waals surface area contributed by atoms with Crippen molar-refractivity contribution in [1.29, 1.82) is 5.26 Å². The van der Waals surface area contributed by atoms with Crippen LogP contribution in [0.15, 0.2) is 18.2 Å². The molecular weight excluding hydrogens is 200 g/mol. The van der Waals surface area contributed by atoms with Crippen molar-refractivity contribution >= 4 is 0 Å². The standard InChI is InChI=1S/C11H11F2NO/c1-11(2,6-14)10(15)8-4-3-7(12)5-9(8)13/h3-5,10,15H,1-2H3. The summed E-state index contributed by atoms with van der Waals surface area (Å²) in [7, 11) is 0. The molecule has 0 saturated carbocycles. The molecule has 1 atom stereocenters. The second kappa shape index (κ2) is 3.95. The number of halogens is 2. The fourth-order valence-corrected chi connectivity index (χ4v) is 1.17. The van der Waals surface area contributed by atoms with Crippen LogP contribution in [0.3, 0.4) is 0 Å². The molecule has 0 heterocycles. The van der Waals surface area contributed by atoms with E-state index < -0.39 is 23.2 Å². The first kappa shape index (κ1) is 11.6. The summed E-state index contributed by atoms with van der Waals surface area (Å²) in [6.45, 7) is 2.97. The lowest BCUT2D eigenvalue weighted by Gasteiger charge is -2.23. The zero-order valence-electron chi connectivity index (χ0n) is 8.46. The summed E-state index contributed by atoms with van der Waals surface area (Å²) in [6, 6.07) is 4.76. The van der Waals surface area contributed by atoms with Crippen molar-refractivity contribution in [2.24, 2.45) is 5.41 Å². The largest absolute Gasteiger partial charge is 0.387 e. The van der Waals surface area contributed by atoms with Gasteiger partial charge in [0, 0.05) is 11.6 Å². The Hall–Kier alpha value is -1.47. The lowest BCUT2D eigenvalue weighted by atomic mass is 9.84. The van der Waals surface area contributed by atoms with Gasteiger partial charge in [0.2, 0.25) is 0 Å². The van der Waals surface area contributed by atoms with Gasteiger partial charge in [-0.25, -0.2) is 8.78 Å². The van der Waals surface area contributed by atoms with Gasteiger partial charge in [0.05, 0.1) is 17.6 Å². The van der Waals surface area contributed by atoms with E-state index in [0.29, 0.717) is 6.07 Å². The summed E-state index contributed by atoms with van der Waals surface area (Å²) in [5.74, 6) is -1.55. The van der Waals surface area contributed by atoms with Gasteiger partial charge in [-0.15, -0.1) is 0 Å². The first-order valence-corrected chi connectivity index (χ1v) is 4.43. The Labute approximate surface area is 86.8 Å². The van der Waals surface area contributed by atoms with Crippen molar-refractivity contribution in [2.45, 2.75) is 20.0 Å². The van der Waals surface area contributed by atoms with Crippen molar-refractivity contribution in [2.75, 3.05) is 0 Å². The molecule has 1 rings (SSSR count). The average Bonchev–Trinajstić information content (AvgIpc) is 2.17. The van der Waals surface area contributed by atoms with Crippen LogP contribution in [0.2, 0.25) is 0 Å². The van der Waals surface area contributed by atoms with Gasteiger partial charge in [-0.2, -0.15) is 5.26 Å². The van der Waals surface area contributed by atoms with Crippen LogP contribution in [-0.4, -0.2) is 5.11 Å². The number of aliphatic hydroxyl groups is 1. The molecule has 0 fully saturated rings. The minimum atomic E-state index is -1.27. The van der Waals surface area contributed by atoms with E-state index in [1.807, 2.05) is 6.07 Å². The summed E-state index contributed by atoms with van der Waals surface area (Å²) >= 11 is 0. The van der Waals surface area contributed by atoms with Crippen molar-refractivity contribution in [1.82, 2.24) is 0 Å².